The molecule has 6 heteroatoms. The zero-order valence-corrected chi connectivity index (χ0v) is 23.5. The molecule has 2 aromatic rings. The van der Waals surface area contributed by atoms with Gasteiger partial charge in [-0.05, 0) is 53.7 Å². The van der Waals surface area contributed by atoms with Crippen molar-refractivity contribution in [2.45, 2.75) is 72.3 Å². The third-order valence-electron chi connectivity index (χ3n) is 6.72. The first-order valence-corrected chi connectivity index (χ1v) is 13.7. The molecule has 0 aliphatic heterocycles. The second-order valence-corrected chi connectivity index (χ2v) is 9.78. The maximum absolute atomic E-state index is 10.6. The monoisotopic (exact) mass is 516 g/mol. The number of nitrogens with one attached hydrogen (secondary N) is 1. The van der Waals surface area contributed by atoms with Gasteiger partial charge in [0.2, 0.25) is 0 Å². The van der Waals surface area contributed by atoms with Gasteiger partial charge in [-0.2, -0.15) is 0 Å². The topological polar surface area (TPSA) is 86.9 Å². The smallest absolute Gasteiger partial charge is 0.304 e. The van der Waals surface area contributed by atoms with Crippen molar-refractivity contribution in [3.8, 4) is 0 Å². The minimum atomic E-state index is -0.801. The molecule has 1 saturated carbocycles. The van der Waals surface area contributed by atoms with Gasteiger partial charge in [-0.1, -0.05) is 76.8 Å². The number of carboxylic acids is 1. The van der Waals surface area contributed by atoms with E-state index in [1.165, 1.54) is 32.1 Å². The van der Waals surface area contributed by atoms with Crippen LogP contribution in [0.15, 0.2) is 70.9 Å². The van der Waals surface area contributed by atoms with Gasteiger partial charge in [-0.25, -0.2) is 0 Å². The Balaban J connectivity index is 0.000000624. The number of carbonyl (C=O) groups is 1. The summed E-state index contributed by atoms with van der Waals surface area (Å²) in [5.74, 6) is 0.234. The molecule has 0 bridgehead atoms. The van der Waals surface area contributed by atoms with E-state index >= 15 is 0 Å². The molecule has 1 heterocycles. The molecule has 0 unspecified atom stereocenters. The minimum Gasteiger partial charge on any atom is -0.481 e. The molecule has 1 fully saturated rings. The van der Waals surface area contributed by atoms with Crippen LogP contribution in [-0.2, 0) is 11.3 Å². The summed E-state index contributed by atoms with van der Waals surface area (Å²) < 4.78 is 0. The van der Waals surface area contributed by atoms with E-state index in [1.54, 1.807) is 19.4 Å². The first kappa shape index (κ1) is 30.8. The molecule has 3 rings (SSSR count). The molecule has 1 aromatic heterocycles. The van der Waals surface area contributed by atoms with E-state index in [-0.39, 0.29) is 6.42 Å². The summed E-state index contributed by atoms with van der Waals surface area (Å²) in [6.45, 7) is 11.7. The SMILES string of the molecule is C=C(N=C(CC)/C(C=NC)=C(/C)c1ccncc1)c1ccc(CNCCC(=O)O)cc1.CC1CCCCC1. The Morgan fingerprint density at radius 1 is 1.11 bits per heavy atom. The summed E-state index contributed by atoms with van der Waals surface area (Å²) in [6, 6.07) is 11.9. The lowest BCUT2D eigenvalue weighted by atomic mass is 9.91. The molecule has 0 spiro atoms. The van der Waals surface area contributed by atoms with Crippen LogP contribution in [0.1, 0.15) is 82.4 Å². The summed E-state index contributed by atoms with van der Waals surface area (Å²) in [4.78, 5) is 23.7. The van der Waals surface area contributed by atoms with E-state index in [9.17, 15) is 4.79 Å². The quantitative estimate of drug-likeness (QED) is 0.244. The lowest BCUT2D eigenvalue weighted by Crippen LogP contribution is -2.17. The van der Waals surface area contributed by atoms with Crippen LogP contribution in [-0.4, -0.2) is 41.6 Å². The Morgan fingerprint density at radius 2 is 1.76 bits per heavy atom. The van der Waals surface area contributed by atoms with Gasteiger partial charge in [-0.3, -0.25) is 19.8 Å². The highest BCUT2D eigenvalue weighted by atomic mass is 16.4. The Morgan fingerprint density at radius 3 is 2.29 bits per heavy atom. The van der Waals surface area contributed by atoms with Crippen LogP contribution in [0.25, 0.3) is 11.3 Å². The van der Waals surface area contributed by atoms with Gasteiger partial charge in [0.05, 0.1) is 12.1 Å². The van der Waals surface area contributed by atoms with Crippen LogP contribution in [0, 0.1) is 5.92 Å². The molecule has 1 aliphatic rings. The van der Waals surface area contributed by atoms with Gasteiger partial charge in [0.15, 0.2) is 0 Å². The summed E-state index contributed by atoms with van der Waals surface area (Å²) in [5.41, 5.74) is 6.77. The molecule has 6 nitrogen and oxygen atoms in total. The van der Waals surface area contributed by atoms with Crippen LogP contribution in [0.3, 0.4) is 0 Å². The Hall–Kier alpha value is -3.38. The molecule has 2 N–H and O–H groups in total. The van der Waals surface area contributed by atoms with Crippen LogP contribution >= 0.6 is 0 Å². The molecular weight excluding hydrogens is 472 g/mol. The van der Waals surface area contributed by atoms with E-state index < -0.39 is 5.97 Å². The minimum absolute atomic E-state index is 0.110. The largest absolute Gasteiger partial charge is 0.481 e. The van der Waals surface area contributed by atoms with Crippen LogP contribution in [0.2, 0.25) is 0 Å². The van der Waals surface area contributed by atoms with Crippen LogP contribution < -0.4 is 5.32 Å². The first-order valence-electron chi connectivity index (χ1n) is 13.7. The lowest BCUT2D eigenvalue weighted by molar-refractivity contribution is -0.136. The maximum Gasteiger partial charge on any atom is 0.304 e. The average Bonchev–Trinajstić information content (AvgIpc) is 2.94. The molecule has 0 amide bonds. The van der Waals surface area contributed by atoms with Crippen molar-refractivity contribution in [2.75, 3.05) is 13.6 Å². The van der Waals surface area contributed by atoms with Crippen molar-refractivity contribution in [3.63, 3.8) is 0 Å². The first-order chi connectivity index (χ1) is 18.3. The highest BCUT2D eigenvalue weighted by Crippen LogP contribution is 2.23. The summed E-state index contributed by atoms with van der Waals surface area (Å²) >= 11 is 0. The highest BCUT2D eigenvalue weighted by Gasteiger charge is 2.11. The molecule has 0 atom stereocenters. The number of aromatic nitrogens is 1. The number of pyridine rings is 1. The summed E-state index contributed by atoms with van der Waals surface area (Å²) in [6.07, 6.45) is 13.7. The van der Waals surface area contributed by atoms with Gasteiger partial charge in [0.25, 0.3) is 0 Å². The van der Waals surface area contributed by atoms with E-state index in [0.717, 1.165) is 45.9 Å². The predicted molar refractivity (Wildman–Crippen MR) is 161 cm³/mol. The number of aliphatic imine (C=N–C) groups is 2. The van der Waals surface area contributed by atoms with Gasteiger partial charge in [-0.15, -0.1) is 0 Å². The number of allylic oxidation sites excluding steroid dienone is 2. The van der Waals surface area contributed by atoms with E-state index in [4.69, 9.17) is 10.1 Å². The lowest BCUT2D eigenvalue weighted by Gasteiger charge is -2.15. The number of rotatable bonds is 11. The second-order valence-electron chi connectivity index (χ2n) is 9.78. The highest BCUT2D eigenvalue weighted by molar-refractivity contribution is 6.22. The average molecular weight is 517 g/mol. The van der Waals surface area contributed by atoms with E-state index in [0.29, 0.717) is 18.8 Å². The summed E-state index contributed by atoms with van der Waals surface area (Å²) in [7, 11) is 1.76. The zero-order valence-electron chi connectivity index (χ0n) is 23.5. The molecule has 1 aliphatic carbocycles. The number of hydrogen-bond acceptors (Lipinski definition) is 5. The normalized spacial score (nSPS) is 15.0. The van der Waals surface area contributed by atoms with Crippen molar-refractivity contribution in [1.82, 2.24) is 10.3 Å². The standard InChI is InChI=1S/C25H30N4O2.C7H14/c1-5-24(23(17-26-4)18(2)21-10-13-27-14-11-21)29-19(3)22-8-6-20(7-9-22)16-28-15-12-25(30)31;1-7-5-3-2-4-6-7/h6-11,13-14,17,28H,3,5,12,15-16H2,1-2,4H3,(H,30,31);7H,2-6H2,1H3/b23-18-,26-17?,29-24?;. The van der Waals surface area contributed by atoms with Gasteiger partial charge in [0, 0.05) is 50.0 Å². The van der Waals surface area contributed by atoms with E-state index in [1.807, 2.05) is 42.6 Å². The molecule has 38 heavy (non-hydrogen) atoms. The number of benzene rings is 1. The fourth-order valence-electron chi connectivity index (χ4n) is 4.38. The maximum atomic E-state index is 10.6. The molecular formula is C32H44N4O2. The molecule has 0 saturated heterocycles. The van der Waals surface area contributed by atoms with E-state index in [2.05, 4.69) is 42.6 Å². The Kier molecular flexibility index (Phi) is 14.0. The van der Waals surface area contributed by atoms with Crippen molar-refractivity contribution >= 4 is 29.2 Å². The van der Waals surface area contributed by atoms with Crippen molar-refractivity contribution in [2.24, 2.45) is 15.9 Å². The van der Waals surface area contributed by atoms with Gasteiger partial charge < -0.3 is 10.4 Å². The zero-order chi connectivity index (χ0) is 27.8. The number of hydrogen-bond donors (Lipinski definition) is 2. The van der Waals surface area contributed by atoms with Crippen molar-refractivity contribution in [3.05, 3.63) is 77.6 Å². The number of carboxylic acid groups (broad SMARTS) is 1. The fourth-order valence-corrected chi connectivity index (χ4v) is 4.38. The second kappa shape index (κ2) is 17.2. The van der Waals surface area contributed by atoms with Gasteiger partial charge >= 0.3 is 5.97 Å². The van der Waals surface area contributed by atoms with Crippen molar-refractivity contribution in [1.29, 1.82) is 0 Å². The molecule has 204 valence electrons. The van der Waals surface area contributed by atoms with Gasteiger partial charge in [0.1, 0.15) is 0 Å². The number of nitrogens with zero attached hydrogens (tertiary/aromatic N) is 3. The predicted octanol–water partition coefficient (Wildman–Crippen LogP) is 7.23. The third kappa shape index (κ3) is 10.9. The van der Waals surface area contributed by atoms with Crippen LogP contribution in [0.4, 0.5) is 0 Å². The third-order valence-corrected chi connectivity index (χ3v) is 6.72. The molecule has 1 aromatic carbocycles. The Bertz CT molecular complexity index is 1100. The molecule has 0 radical (unpaired) electrons. The van der Waals surface area contributed by atoms with Crippen LogP contribution in [0.5, 0.6) is 0 Å². The Labute approximate surface area is 228 Å². The van der Waals surface area contributed by atoms with Crippen molar-refractivity contribution < 1.29 is 9.90 Å². The fraction of sp³-hybridized carbons (Fsp3) is 0.438. The summed E-state index contributed by atoms with van der Waals surface area (Å²) in [5, 5.41) is 11.8. The number of aliphatic carboxylic acids is 1.